The van der Waals surface area contributed by atoms with E-state index in [4.69, 9.17) is 17.3 Å². The lowest BCUT2D eigenvalue weighted by Crippen LogP contribution is -2.02. The van der Waals surface area contributed by atoms with Gasteiger partial charge in [0.05, 0.1) is 16.1 Å². The molecule has 0 fully saturated rings. The van der Waals surface area contributed by atoms with Gasteiger partial charge in [-0.05, 0) is 44.5 Å². The van der Waals surface area contributed by atoms with Crippen molar-refractivity contribution in [2.24, 2.45) is 0 Å². The number of nitrogens with two attached hydrogens (primary N) is 1. The normalized spacial score (nSPS) is 11.5. The second-order valence-corrected chi connectivity index (χ2v) is 5.82. The highest BCUT2D eigenvalue weighted by atomic mass is 35.5. The van der Waals surface area contributed by atoms with Crippen LogP contribution in [0.5, 0.6) is 0 Å². The molecule has 0 atom stereocenters. The molecule has 4 nitrogen and oxygen atoms in total. The Labute approximate surface area is 128 Å². The molecule has 0 bridgehead atoms. The maximum Gasteiger partial charge on any atom is 0.124 e. The van der Waals surface area contributed by atoms with Crippen LogP contribution in [-0.4, -0.2) is 14.5 Å². The quantitative estimate of drug-likeness (QED) is 0.771. The highest BCUT2D eigenvalue weighted by molar-refractivity contribution is 6.33. The van der Waals surface area contributed by atoms with Crippen molar-refractivity contribution in [2.75, 3.05) is 5.73 Å². The number of anilines is 1. The number of benzene rings is 1. The molecule has 1 aromatic carbocycles. The van der Waals surface area contributed by atoms with Crippen LogP contribution in [0.4, 0.5) is 5.82 Å². The summed E-state index contributed by atoms with van der Waals surface area (Å²) in [7, 11) is 0. The smallest absolute Gasteiger partial charge is 0.124 e. The maximum atomic E-state index is 6.23. The summed E-state index contributed by atoms with van der Waals surface area (Å²) in [5, 5.41) is 0.587. The lowest BCUT2D eigenvalue weighted by atomic mass is 10.1. The van der Waals surface area contributed by atoms with Gasteiger partial charge < -0.3 is 10.3 Å². The van der Waals surface area contributed by atoms with E-state index < -0.39 is 0 Å². The minimum absolute atomic E-state index is 0.376. The zero-order valence-corrected chi connectivity index (χ0v) is 13.0. The third-order valence-electron chi connectivity index (χ3n) is 3.57. The third-order valence-corrected chi connectivity index (χ3v) is 3.87. The van der Waals surface area contributed by atoms with Crippen molar-refractivity contribution in [3.8, 4) is 11.1 Å². The van der Waals surface area contributed by atoms with Crippen LogP contribution in [0, 0.1) is 6.92 Å². The number of nitrogen functional groups attached to an aromatic ring is 1. The van der Waals surface area contributed by atoms with Crippen LogP contribution in [0.3, 0.4) is 0 Å². The van der Waals surface area contributed by atoms with Crippen LogP contribution in [0.25, 0.3) is 22.2 Å². The van der Waals surface area contributed by atoms with E-state index in [0.717, 1.165) is 28.0 Å². The Morgan fingerprint density at radius 1 is 1.24 bits per heavy atom. The fourth-order valence-electron chi connectivity index (χ4n) is 2.71. The summed E-state index contributed by atoms with van der Waals surface area (Å²) >= 11 is 6.23. The van der Waals surface area contributed by atoms with Crippen molar-refractivity contribution in [2.45, 2.75) is 26.8 Å². The summed E-state index contributed by atoms with van der Waals surface area (Å²) in [6, 6.07) is 8.33. The fraction of sp³-hybridized carbons (Fsp3) is 0.250. The van der Waals surface area contributed by atoms with Crippen LogP contribution >= 0.6 is 11.6 Å². The van der Waals surface area contributed by atoms with E-state index in [-0.39, 0.29) is 0 Å². The minimum atomic E-state index is 0.376. The van der Waals surface area contributed by atoms with Gasteiger partial charge in [0.25, 0.3) is 0 Å². The van der Waals surface area contributed by atoms with Gasteiger partial charge in [0.1, 0.15) is 11.6 Å². The first kappa shape index (κ1) is 13.9. The molecule has 0 aliphatic heterocycles. The van der Waals surface area contributed by atoms with E-state index in [9.17, 15) is 0 Å². The number of nitrogens with zero attached hydrogens (tertiary/aromatic N) is 3. The van der Waals surface area contributed by atoms with Gasteiger partial charge in [0, 0.05) is 17.8 Å². The third kappa shape index (κ3) is 2.36. The lowest BCUT2D eigenvalue weighted by Gasteiger charge is -2.11. The zero-order chi connectivity index (χ0) is 15.1. The van der Waals surface area contributed by atoms with Crippen molar-refractivity contribution in [3.63, 3.8) is 0 Å². The summed E-state index contributed by atoms with van der Waals surface area (Å²) in [6.07, 6.45) is 1.58. The van der Waals surface area contributed by atoms with Gasteiger partial charge in [-0.15, -0.1) is 0 Å². The second-order valence-electron chi connectivity index (χ2n) is 5.42. The molecule has 2 heterocycles. The van der Waals surface area contributed by atoms with E-state index >= 15 is 0 Å². The molecule has 3 aromatic rings. The minimum Gasteiger partial charge on any atom is -0.384 e. The van der Waals surface area contributed by atoms with Crippen molar-refractivity contribution >= 4 is 28.5 Å². The van der Waals surface area contributed by atoms with E-state index in [2.05, 4.69) is 34.4 Å². The molecule has 0 unspecified atom stereocenters. The first-order chi connectivity index (χ1) is 9.97. The second kappa shape index (κ2) is 5.04. The fourth-order valence-corrected chi connectivity index (χ4v) is 2.93. The predicted molar refractivity (Wildman–Crippen MR) is 87.5 cm³/mol. The highest BCUT2D eigenvalue weighted by Gasteiger charge is 2.12. The molecule has 0 amide bonds. The van der Waals surface area contributed by atoms with Gasteiger partial charge in [0.2, 0.25) is 0 Å². The summed E-state index contributed by atoms with van der Waals surface area (Å²) in [5.74, 6) is 1.47. The molecule has 0 aliphatic rings. The predicted octanol–water partition coefficient (Wildman–Crippen LogP) is 4.22. The number of fused-ring (bicyclic) bond motifs is 1. The lowest BCUT2D eigenvalue weighted by molar-refractivity contribution is 0.600. The zero-order valence-electron chi connectivity index (χ0n) is 12.3. The standard InChI is InChI=1S/C16H17ClN4/c1-9(2)21-10(3)20-14-6-11(4-5-15(14)21)12-7-16(18)19-8-13(12)17/h4-9H,1-3H3,(H2,18,19). The molecule has 0 saturated carbocycles. The Morgan fingerprint density at radius 2 is 2.00 bits per heavy atom. The topological polar surface area (TPSA) is 56.7 Å². The molecule has 0 radical (unpaired) electrons. The van der Waals surface area contributed by atoms with Gasteiger partial charge in [-0.2, -0.15) is 0 Å². The molecule has 2 N–H and O–H groups in total. The Bertz CT molecular complexity index is 821. The number of hydrogen-bond acceptors (Lipinski definition) is 3. The highest BCUT2D eigenvalue weighted by Crippen LogP contribution is 2.31. The molecule has 0 spiro atoms. The Kier molecular flexibility index (Phi) is 3.33. The summed E-state index contributed by atoms with van der Waals surface area (Å²) in [6.45, 7) is 6.34. The largest absolute Gasteiger partial charge is 0.384 e. The molecule has 0 saturated heterocycles. The van der Waals surface area contributed by atoms with Gasteiger partial charge in [-0.1, -0.05) is 17.7 Å². The van der Waals surface area contributed by atoms with Crippen LogP contribution in [0.15, 0.2) is 30.5 Å². The van der Waals surface area contributed by atoms with Crippen molar-refractivity contribution in [3.05, 3.63) is 41.3 Å². The number of hydrogen-bond donors (Lipinski definition) is 1. The number of aromatic nitrogens is 3. The van der Waals surface area contributed by atoms with Crippen molar-refractivity contribution in [1.29, 1.82) is 0 Å². The summed E-state index contributed by atoms with van der Waals surface area (Å²) in [4.78, 5) is 8.64. The Hall–Kier alpha value is -2.07. The van der Waals surface area contributed by atoms with E-state index in [1.807, 2.05) is 19.1 Å². The average molecular weight is 301 g/mol. The number of pyridine rings is 1. The summed E-state index contributed by atoms with van der Waals surface area (Å²) in [5.41, 5.74) is 9.72. The van der Waals surface area contributed by atoms with Crippen LogP contribution < -0.4 is 5.73 Å². The summed E-state index contributed by atoms with van der Waals surface area (Å²) < 4.78 is 2.22. The van der Waals surface area contributed by atoms with E-state index in [0.29, 0.717) is 16.9 Å². The first-order valence-corrected chi connectivity index (χ1v) is 7.25. The SMILES string of the molecule is Cc1nc2cc(-c3cc(N)ncc3Cl)ccc2n1C(C)C. The monoisotopic (exact) mass is 300 g/mol. The Morgan fingerprint density at radius 3 is 2.71 bits per heavy atom. The van der Waals surface area contributed by atoms with Gasteiger partial charge >= 0.3 is 0 Å². The van der Waals surface area contributed by atoms with Gasteiger partial charge in [-0.25, -0.2) is 9.97 Å². The molecule has 0 aliphatic carbocycles. The number of halogens is 1. The molecular formula is C16H17ClN4. The average Bonchev–Trinajstić information content (AvgIpc) is 2.76. The van der Waals surface area contributed by atoms with Gasteiger partial charge in [0.15, 0.2) is 0 Å². The van der Waals surface area contributed by atoms with E-state index in [1.165, 1.54) is 0 Å². The first-order valence-electron chi connectivity index (χ1n) is 6.87. The maximum absolute atomic E-state index is 6.23. The molecule has 3 rings (SSSR count). The molecule has 5 heteroatoms. The molecule has 2 aromatic heterocycles. The molecular weight excluding hydrogens is 284 g/mol. The molecule has 21 heavy (non-hydrogen) atoms. The van der Waals surface area contributed by atoms with Crippen molar-refractivity contribution in [1.82, 2.24) is 14.5 Å². The van der Waals surface area contributed by atoms with Crippen LogP contribution in [-0.2, 0) is 0 Å². The van der Waals surface area contributed by atoms with Gasteiger partial charge in [-0.3, -0.25) is 0 Å². The molecule has 108 valence electrons. The van der Waals surface area contributed by atoms with Crippen LogP contribution in [0.2, 0.25) is 5.02 Å². The number of aryl methyl sites for hydroxylation is 1. The number of imidazole rings is 1. The van der Waals surface area contributed by atoms with Crippen LogP contribution in [0.1, 0.15) is 25.7 Å². The van der Waals surface area contributed by atoms with E-state index in [1.54, 1.807) is 12.3 Å². The van der Waals surface area contributed by atoms with Crippen molar-refractivity contribution < 1.29 is 0 Å². The Balaban J connectivity index is 2.20. The number of rotatable bonds is 2.